The molecule has 0 spiro atoms. The molecule has 0 aliphatic carbocycles. The van der Waals surface area contributed by atoms with Crippen molar-refractivity contribution >= 4 is 23.2 Å². The van der Waals surface area contributed by atoms with Crippen molar-refractivity contribution in [2.24, 2.45) is 0 Å². The first kappa shape index (κ1) is 19.1. The molecule has 0 fully saturated rings. The lowest BCUT2D eigenvalue weighted by Crippen LogP contribution is -2.47. The molecule has 134 valence electrons. The van der Waals surface area contributed by atoms with Crippen LogP contribution in [-0.2, 0) is 4.79 Å². The highest BCUT2D eigenvalue weighted by molar-refractivity contribution is 7.17. The number of aromatic nitrogens is 1. The monoisotopic (exact) mass is 363 g/mol. The molecule has 0 aliphatic heterocycles. The number of halogens is 1. The van der Waals surface area contributed by atoms with Crippen LogP contribution in [0.5, 0.6) is 0 Å². The Balaban J connectivity index is 2.09. The molecule has 2 N–H and O–H groups in total. The lowest BCUT2D eigenvalue weighted by atomic mass is 10.2. The normalized spacial score (nSPS) is 13.2. The lowest BCUT2D eigenvalue weighted by Gasteiger charge is -2.17. The molecule has 2 rings (SSSR count). The number of hydrogen-bond acceptors (Lipinski definition) is 4. The number of thiazole rings is 1. The Bertz CT molecular complexity index is 758. The third kappa shape index (κ3) is 4.85. The van der Waals surface area contributed by atoms with Crippen molar-refractivity contribution in [2.45, 2.75) is 46.2 Å². The van der Waals surface area contributed by atoms with Crippen molar-refractivity contribution in [1.29, 1.82) is 0 Å². The molecule has 0 bridgehead atoms. The molecular formula is C18H22FN3O2S. The van der Waals surface area contributed by atoms with E-state index in [2.05, 4.69) is 15.6 Å². The molecular weight excluding hydrogens is 341 g/mol. The van der Waals surface area contributed by atoms with Crippen molar-refractivity contribution in [1.82, 2.24) is 15.6 Å². The molecule has 0 saturated carbocycles. The van der Waals surface area contributed by atoms with Crippen LogP contribution >= 0.6 is 11.3 Å². The van der Waals surface area contributed by atoms with Crippen molar-refractivity contribution in [3.63, 3.8) is 0 Å². The Labute approximate surface area is 150 Å². The number of benzene rings is 1. The number of aryl methyl sites for hydroxylation is 1. The van der Waals surface area contributed by atoms with Gasteiger partial charge >= 0.3 is 0 Å². The van der Waals surface area contributed by atoms with Gasteiger partial charge in [0.25, 0.3) is 5.91 Å². The summed E-state index contributed by atoms with van der Waals surface area (Å²) < 4.78 is 13.0. The summed E-state index contributed by atoms with van der Waals surface area (Å²) in [5.74, 6) is -0.880. The van der Waals surface area contributed by atoms with E-state index in [0.717, 1.165) is 12.0 Å². The number of carbonyl (C=O) groups is 2. The van der Waals surface area contributed by atoms with E-state index in [1.165, 1.54) is 23.5 Å². The molecule has 2 aromatic rings. The van der Waals surface area contributed by atoms with Crippen molar-refractivity contribution < 1.29 is 14.0 Å². The molecule has 5 nitrogen and oxygen atoms in total. The number of nitrogens with zero attached hydrogens (tertiary/aromatic N) is 1. The molecule has 0 saturated heterocycles. The molecule has 25 heavy (non-hydrogen) atoms. The molecule has 7 heteroatoms. The zero-order valence-corrected chi connectivity index (χ0v) is 15.5. The van der Waals surface area contributed by atoms with Gasteiger partial charge in [0.15, 0.2) is 0 Å². The molecule has 1 aromatic heterocycles. The topological polar surface area (TPSA) is 71.1 Å². The van der Waals surface area contributed by atoms with Gasteiger partial charge < -0.3 is 10.6 Å². The Morgan fingerprint density at radius 3 is 2.44 bits per heavy atom. The van der Waals surface area contributed by atoms with Crippen LogP contribution in [0.3, 0.4) is 0 Å². The van der Waals surface area contributed by atoms with Gasteiger partial charge in [-0.05, 0) is 51.5 Å². The SMILES string of the molecule is CCC(C)NC(=O)C(C)NC(=O)c1sc(-c2ccc(F)cc2)nc1C. The second-order valence-electron chi connectivity index (χ2n) is 5.95. The highest BCUT2D eigenvalue weighted by Gasteiger charge is 2.21. The number of amides is 2. The quantitative estimate of drug-likeness (QED) is 0.827. The highest BCUT2D eigenvalue weighted by Crippen LogP contribution is 2.28. The Morgan fingerprint density at radius 1 is 1.20 bits per heavy atom. The number of nitrogens with one attached hydrogen (secondary N) is 2. The van der Waals surface area contributed by atoms with E-state index >= 15 is 0 Å². The Hall–Kier alpha value is -2.28. The van der Waals surface area contributed by atoms with E-state index in [9.17, 15) is 14.0 Å². The molecule has 0 radical (unpaired) electrons. The predicted octanol–water partition coefficient (Wildman–Crippen LogP) is 3.29. The van der Waals surface area contributed by atoms with Crippen LogP contribution in [0.4, 0.5) is 4.39 Å². The summed E-state index contributed by atoms with van der Waals surface area (Å²) >= 11 is 1.22. The first-order chi connectivity index (χ1) is 11.8. The molecule has 1 aromatic carbocycles. The summed E-state index contributed by atoms with van der Waals surface area (Å²) in [6, 6.07) is 5.37. The van der Waals surface area contributed by atoms with Gasteiger partial charge in [0.2, 0.25) is 5.91 Å². The zero-order valence-electron chi connectivity index (χ0n) is 14.7. The average Bonchev–Trinajstić information content (AvgIpc) is 2.97. The fourth-order valence-electron chi connectivity index (χ4n) is 2.12. The molecule has 2 amide bonds. The largest absolute Gasteiger partial charge is 0.352 e. The van der Waals surface area contributed by atoms with Crippen LogP contribution in [0.25, 0.3) is 10.6 Å². The summed E-state index contributed by atoms with van der Waals surface area (Å²) in [6.45, 7) is 7.27. The van der Waals surface area contributed by atoms with Crippen molar-refractivity contribution in [2.75, 3.05) is 0 Å². The fraction of sp³-hybridized carbons (Fsp3) is 0.389. The third-order valence-corrected chi connectivity index (χ3v) is 5.04. The number of carbonyl (C=O) groups excluding carboxylic acids is 2. The second kappa shape index (κ2) is 8.20. The lowest BCUT2D eigenvalue weighted by molar-refractivity contribution is -0.123. The van der Waals surface area contributed by atoms with Gasteiger partial charge in [-0.2, -0.15) is 0 Å². The maximum Gasteiger partial charge on any atom is 0.263 e. The highest BCUT2D eigenvalue weighted by atomic mass is 32.1. The van der Waals surface area contributed by atoms with E-state index < -0.39 is 6.04 Å². The van der Waals surface area contributed by atoms with E-state index in [4.69, 9.17) is 0 Å². The first-order valence-electron chi connectivity index (χ1n) is 8.16. The Kier molecular flexibility index (Phi) is 6.25. The summed E-state index contributed by atoms with van der Waals surface area (Å²) in [5.41, 5.74) is 1.33. The van der Waals surface area contributed by atoms with Gasteiger partial charge in [0.1, 0.15) is 21.7 Å². The predicted molar refractivity (Wildman–Crippen MR) is 97.1 cm³/mol. The molecule has 2 atom stereocenters. The van der Waals surface area contributed by atoms with Crippen LogP contribution in [0.2, 0.25) is 0 Å². The van der Waals surface area contributed by atoms with E-state index in [1.807, 2.05) is 13.8 Å². The van der Waals surface area contributed by atoms with E-state index in [-0.39, 0.29) is 23.7 Å². The minimum Gasteiger partial charge on any atom is -0.352 e. The van der Waals surface area contributed by atoms with Crippen molar-refractivity contribution in [3.05, 3.63) is 40.7 Å². The van der Waals surface area contributed by atoms with Crippen LogP contribution < -0.4 is 10.6 Å². The van der Waals surface area contributed by atoms with Gasteiger partial charge in [-0.25, -0.2) is 9.37 Å². The molecule has 0 aliphatic rings. The van der Waals surface area contributed by atoms with Crippen molar-refractivity contribution in [3.8, 4) is 10.6 Å². The van der Waals surface area contributed by atoms with Crippen LogP contribution in [0.1, 0.15) is 42.6 Å². The second-order valence-corrected chi connectivity index (χ2v) is 6.95. The van der Waals surface area contributed by atoms with E-state index in [0.29, 0.717) is 15.6 Å². The van der Waals surface area contributed by atoms with Crippen LogP contribution in [0.15, 0.2) is 24.3 Å². The first-order valence-corrected chi connectivity index (χ1v) is 8.98. The summed E-state index contributed by atoms with van der Waals surface area (Å²) in [4.78, 5) is 29.3. The summed E-state index contributed by atoms with van der Waals surface area (Å²) in [7, 11) is 0. The standard InChI is InChI=1S/C18H22FN3O2S/c1-5-10(2)20-16(23)12(4)21-17(24)15-11(3)22-18(25-15)13-6-8-14(19)9-7-13/h6-10,12H,5H2,1-4H3,(H,20,23)(H,21,24). The third-order valence-electron chi connectivity index (χ3n) is 3.84. The van der Waals surface area contributed by atoms with Gasteiger partial charge in [-0.3, -0.25) is 9.59 Å². The zero-order chi connectivity index (χ0) is 18.6. The van der Waals surface area contributed by atoms with Gasteiger partial charge in [-0.15, -0.1) is 11.3 Å². The maximum absolute atomic E-state index is 13.0. The smallest absolute Gasteiger partial charge is 0.263 e. The van der Waals surface area contributed by atoms with Crippen LogP contribution in [0, 0.1) is 12.7 Å². The van der Waals surface area contributed by atoms with Gasteiger partial charge in [-0.1, -0.05) is 6.92 Å². The molecule has 2 unspecified atom stereocenters. The van der Waals surface area contributed by atoms with E-state index in [1.54, 1.807) is 26.0 Å². The number of hydrogen-bond donors (Lipinski definition) is 2. The fourth-order valence-corrected chi connectivity index (χ4v) is 3.10. The number of rotatable bonds is 6. The average molecular weight is 363 g/mol. The molecule has 1 heterocycles. The summed E-state index contributed by atoms with van der Waals surface area (Å²) in [5, 5.41) is 6.17. The minimum absolute atomic E-state index is 0.0575. The minimum atomic E-state index is -0.641. The summed E-state index contributed by atoms with van der Waals surface area (Å²) in [6.07, 6.45) is 0.821. The van der Waals surface area contributed by atoms with Gasteiger partial charge in [0, 0.05) is 11.6 Å². The van der Waals surface area contributed by atoms with Gasteiger partial charge in [0.05, 0.1) is 5.69 Å². The Morgan fingerprint density at radius 2 is 1.84 bits per heavy atom. The maximum atomic E-state index is 13.0. The van der Waals surface area contributed by atoms with Crippen LogP contribution in [-0.4, -0.2) is 28.9 Å².